The van der Waals surface area contributed by atoms with Crippen LogP contribution in [-0.2, 0) is 4.79 Å². The van der Waals surface area contributed by atoms with E-state index in [0.717, 1.165) is 6.42 Å². The molecule has 0 bridgehead atoms. The summed E-state index contributed by atoms with van der Waals surface area (Å²) < 4.78 is 5.53. The first kappa shape index (κ1) is 16.5. The summed E-state index contributed by atoms with van der Waals surface area (Å²) in [7, 11) is 0. The summed E-state index contributed by atoms with van der Waals surface area (Å²) in [6.45, 7) is 7.05. The molecule has 0 radical (unpaired) electrons. The van der Waals surface area contributed by atoms with Gasteiger partial charge in [0.25, 0.3) is 5.91 Å². The second-order valence-corrected chi connectivity index (χ2v) is 5.19. The number of carbonyl (C=O) groups excluding carboxylic acids is 2. The van der Waals surface area contributed by atoms with E-state index in [9.17, 15) is 9.59 Å². The maximum atomic E-state index is 11.9. The number of rotatable bonds is 6. The van der Waals surface area contributed by atoms with Gasteiger partial charge in [0.05, 0.1) is 5.02 Å². The van der Waals surface area contributed by atoms with Crippen LogP contribution in [0.1, 0.15) is 44.5 Å². The van der Waals surface area contributed by atoms with Gasteiger partial charge in [-0.1, -0.05) is 18.5 Å². The fraction of sp³-hybridized carbons (Fsp3) is 0.467. The van der Waals surface area contributed by atoms with E-state index in [-0.39, 0.29) is 17.7 Å². The molecule has 2 atom stereocenters. The highest BCUT2D eigenvalue weighted by molar-refractivity contribution is 6.32. The Balaban J connectivity index is 2.73. The van der Waals surface area contributed by atoms with Crippen molar-refractivity contribution in [1.29, 1.82) is 0 Å². The first-order chi connectivity index (χ1) is 9.35. The van der Waals surface area contributed by atoms with Crippen molar-refractivity contribution < 1.29 is 14.3 Å². The molecule has 0 aliphatic rings. The summed E-state index contributed by atoms with van der Waals surface area (Å²) in [5.74, 6) is 0.135. The average Bonchev–Trinajstić information content (AvgIpc) is 2.40. The Morgan fingerprint density at radius 2 is 2.00 bits per heavy atom. The molecule has 0 spiro atoms. The van der Waals surface area contributed by atoms with E-state index in [1.165, 1.54) is 6.92 Å². The Labute approximate surface area is 124 Å². The largest absolute Gasteiger partial charge is 0.479 e. The summed E-state index contributed by atoms with van der Waals surface area (Å²) in [4.78, 5) is 23.1. The summed E-state index contributed by atoms with van der Waals surface area (Å²) in [6, 6.07) is 4.87. The van der Waals surface area contributed by atoms with Crippen molar-refractivity contribution in [3.63, 3.8) is 0 Å². The molecule has 1 rings (SSSR count). The maximum absolute atomic E-state index is 11.9. The van der Waals surface area contributed by atoms with Crippen LogP contribution in [0.2, 0.25) is 5.02 Å². The van der Waals surface area contributed by atoms with Crippen molar-refractivity contribution in [3.05, 3.63) is 28.8 Å². The standard InChI is InChI=1S/C15H20ClNO3/c1-5-9(2)17-15(19)11(4)20-14-7-6-12(10(3)18)8-13(14)16/h6-9,11H,5H2,1-4H3,(H,17,19). The summed E-state index contributed by atoms with van der Waals surface area (Å²) in [6.07, 6.45) is 0.205. The Morgan fingerprint density at radius 3 is 2.50 bits per heavy atom. The summed E-state index contributed by atoms with van der Waals surface area (Å²) in [5.41, 5.74) is 0.513. The van der Waals surface area contributed by atoms with Gasteiger partial charge in [0.1, 0.15) is 5.75 Å². The molecule has 1 N–H and O–H groups in total. The molecule has 1 aromatic carbocycles. The van der Waals surface area contributed by atoms with Crippen LogP contribution in [0.15, 0.2) is 18.2 Å². The number of ether oxygens (including phenoxy) is 1. The molecule has 4 nitrogen and oxygen atoms in total. The van der Waals surface area contributed by atoms with Crippen LogP contribution >= 0.6 is 11.6 Å². The quantitative estimate of drug-likeness (QED) is 0.820. The highest BCUT2D eigenvalue weighted by Gasteiger charge is 2.17. The van der Waals surface area contributed by atoms with Gasteiger partial charge < -0.3 is 10.1 Å². The molecule has 0 saturated heterocycles. The fourth-order valence-electron chi connectivity index (χ4n) is 1.52. The topological polar surface area (TPSA) is 55.4 Å². The van der Waals surface area contributed by atoms with Gasteiger partial charge in [-0.05, 0) is 45.4 Å². The van der Waals surface area contributed by atoms with Crippen molar-refractivity contribution in [3.8, 4) is 5.75 Å². The maximum Gasteiger partial charge on any atom is 0.260 e. The van der Waals surface area contributed by atoms with Gasteiger partial charge in [-0.15, -0.1) is 0 Å². The first-order valence-electron chi connectivity index (χ1n) is 6.62. The minimum Gasteiger partial charge on any atom is -0.479 e. The number of halogens is 1. The van der Waals surface area contributed by atoms with E-state index < -0.39 is 6.10 Å². The highest BCUT2D eigenvalue weighted by atomic mass is 35.5. The number of Topliss-reactive ketones (excluding diaryl/α,β-unsaturated/α-hetero) is 1. The second-order valence-electron chi connectivity index (χ2n) is 4.78. The zero-order valence-electron chi connectivity index (χ0n) is 12.2. The van der Waals surface area contributed by atoms with Crippen molar-refractivity contribution in [2.24, 2.45) is 0 Å². The molecule has 110 valence electrons. The highest BCUT2D eigenvalue weighted by Crippen LogP contribution is 2.26. The third-order valence-electron chi connectivity index (χ3n) is 3.01. The first-order valence-corrected chi connectivity index (χ1v) is 7.00. The number of nitrogens with one attached hydrogen (secondary N) is 1. The normalized spacial score (nSPS) is 13.4. The Bertz CT molecular complexity index is 502. The lowest BCUT2D eigenvalue weighted by molar-refractivity contribution is -0.127. The summed E-state index contributed by atoms with van der Waals surface area (Å²) >= 11 is 6.05. The number of ketones is 1. The number of amides is 1. The van der Waals surface area contributed by atoms with Gasteiger partial charge in [0.15, 0.2) is 11.9 Å². The van der Waals surface area contributed by atoms with Gasteiger partial charge >= 0.3 is 0 Å². The molecule has 0 fully saturated rings. The molecule has 1 aromatic rings. The van der Waals surface area contributed by atoms with Gasteiger partial charge in [-0.2, -0.15) is 0 Å². The molecular weight excluding hydrogens is 278 g/mol. The van der Waals surface area contributed by atoms with Crippen LogP contribution in [0.5, 0.6) is 5.75 Å². The molecule has 0 aliphatic carbocycles. The van der Waals surface area contributed by atoms with E-state index in [1.807, 2.05) is 13.8 Å². The minimum atomic E-state index is -0.648. The van der Waals surface area contributed by atoms with E-state index >= 15 is 0 Å². The molecule has 0 saturated carbocycles. The van der Waals surface area contributed by atoms with Gasteiger partial charge in [-0.3, -0.25) is 9.59 Å². The Morgan fingerprint density at radius 1 is 1.35 bits per heavy atom. The van der Waals surface area contributed by atoms with Crippen LogP contribution < -0.4 is 10.1 Å². The Hall–Kier alpha value is -1.55. The Kier molecular flexibility index (Phi) is 6.02. The predicted molar refractivity (Wildman–Crippen MR) is 79.4 cm³/mol. The predicted octanol–water partition coefficient (Wildman–Crippen LogP) is 3.22. The lowest BCUT2D eigenvalue weighted by atomic mass is 10.1. The lowest BCUT2D eigenvalue weighted by Crippen LogP contribution is -2.41. The second kappa shape index (κ2) is 7.29. The molecule has 20 heavy (non-hydrogen) atoms. The monoisotopic (exact) mass is 297 g/mol. The number of benzene rings is 1. The third-order valence-corrected chi connectivity index (χ3v) is 3.31. The van der Waals surface area contributed by atoms with Crippen LogP contribution in [-0.4, -0.2) is 23.8 Å². The van der Waals surface area contributed by atoms with Crippen LogP contribution in [0.25, 0.3) is 0 Å². The van der Waals surface area contributed by atoms with E-state index in [1.54, 1.807) is 25.1 Å². The third kappa shape index (κ3) is 4.53. The van der Waals surface area contributed by atoms with Crippen molar-refractivity contribution in [2.45, 2.75) is 46.3 Å². The number of hydrogen-bond acceptors (Lipinski definition) is 3. The van der Waals surface area contributed by atoms with Crippen LogP contribution in [0, 0.1) is 0 Å². The van der Waals surface area contributed by atoms with Gasteiger partial charge in [0.2, 0.25) is 0 Å². The summed E-state index contributed by atoms with van der Waals surface area (Å²) in [5, 5.41) is 3.16. The molecule has 0 aliphatic heterocycles. The van der Waals surface area contributed by atoms with Crippen LogP contribution in [0.4, 0.5) is 0 Å². The van der Waals surface area contributed by atoms with E-state index in [4.69, 9.17) is 16.3 Å². The molecule has 0 aromatic heterocycles. The fourth-order valence-corrected chi connectivity index (χ4v) is 1.75. The lowest BCUT2D eigenvalue weighted by Gasteiger charge is -2.18. The van der Waals surface area contributed by atoms with Gasteiger partial charge in [-0.25, -0.2) is 0 Å². The zero-order valence-corrected chi connectivity index (χ0v) is 13.0. The van der Waals surface area contributed by atoms with E-state index in [2.05, 4.69) is 5.32 Å². The SMILES string of the molecule is CCC(C)NC(=O)C(C)Oc1ccc(C(C)=O)cc1Cl. The van der Waals surface area contributed by atoms with E-state index in [0.29, 0.717) is 16.3 Å². The molecule has 0 heterocycles. The van der Waals surface area contributed by atoms with Crippen LogP contribution in [0.3, 0.4) is 0 Å². The smallest absolute Gasteiger partial charge is 0.260 e. The van der Waals surface area contributed by atoms with Crippen molar-refractivity contribution in [1.82, 2.24) is 5.32 Å². The zero-order chi connectivity index (χ0) is 15.3. The minimum absolute atomic E-state index is 0.0685. The molecule has 2 unspecified atom stereocenters. The van der Waals surface area contributed by atoms with Gasteiger partial charge in [0, 0.05) is 11.6 Å². The van der Waals surface area contributed by atoms with Crippen molar-refractivity contribution >= 4 is 23.3 Å². The molecular formula is C15H20ClNO3. The van der Waals surface area contributed by atoms with Crippen molar-refractivity contribution in [2.75, 3.05) is 0 Å². The number of carbonyl (C=O) groups is 2. The molecule has 1 amide bonds. The average molecular weight is 298 g/mol. The number of hydrogen-bond donors (Lipinski definition) is 1. The molecule has 5 heteroatoms.